The van der Waals surface area contributed by atoms with Gasteiger partial charge in [0.15, 0.2) is 0 Å². The highest BCUT2D eigenvalue weighted by Gasteiger charge is 2.23. The highest BCUT2D eigenvalue weighted by Crippen LogP contribution is 2.24. The number of nitrogens with one attached hydrogen (secondary N) is 1. The summed E-state index contributed by atoms with van der Waals surface area (Å²) in [5, 5.41) is 10.7. The third-order valence-electron chi connectivity index (χ3n) is 4.78. The fourth-order valence-electron chi connectivity index (χ4n) is 3.50. The molecule has 0 bridgehead atoms. The van der Waals surface area contributed by atoms with E-state index in [0.29, 0.717) is 6.54 Å². The van der Waals surface area contributed by atoms with Gasteiger partial charge in [0.25, 0.3) is 5.91 Å². The van der Waals surface area contributed by atoms with Gasteiger partial charge in [0.1, 0.15) is 5.69 Å². The fraction of sp³-hybridized carbons (Fsp3) is 0.350. The minimum absolute atomic E-state index is 0.0250. The molecule has 1 N–H and O–H groups in total. The molecule has 0 aliphatic heterocycles. The van der Waals surface area contributed by atoms with E-state index in [1.165, 1.54) is 6.42 Å². The van der Waals surface area contributed by atoms with Crippen LogP contribution in [-0.2, 0) is 26.3 Å². The average molecular weight is 366 g/mol. The quantitative estimate of drug-likeness (QED) is 0.753. The first kappa shape index (κ1) is 17.0. The van der Waals surface area contributed by atoms with E-state index in [1.807, 2.05) is 25.2 Å². The number of rotatable bonds is 5. The Hall–Kier alpha value is -2.47. The van der Waals surface area contributed by atoms with Gasteiger partial charge in [-0.1, -0.05) is 30.3 Å². The average Bonchev–Trinajstić information content (AvgIpc) is 3.26. The van der Waals surface area contributed by atoms with Crippen LogP contribution in [0.25, 0.3) is 11.3 Å². The van der Waals surface area contributed by atoms with Gasteiger partial charge in [-0.05, 0) is 25.7 Å². The molecule has 0 radical (unpaired) electrons. The number of hydrogen-bond acceptors (Lipinski definition) is 4. The summed E-state index contributed by atoms with van der Waals surface area (Å²) >= 11 is 1.64. The third-order valence-corrected chi connectivity index (χ3v) is 5.69. The van der Waals surface area contributed by atoms with E-state index in [0.717, 1.165) is 58.9 Å². The molecule has 0 unspecified atom stereocenters. The minimum Gasteiger partial charge on any atom is -0.350 e. The van der Waals surface area contributed by atoms with Crippen molar-refractivity contribution in [3.8, 4) is 11.3 Å². The van der Waals surface area contributed by atoms with Crippen LogP contribution in [0.1, 0.15) is 39.6 Å². The third kappa shape index (κ3) is 3.42. The Labute approximate surface area is 157 Å². The van der Waals surface area contributed by atoms with Gasteiger partial charge in [-0.15, -0.1) is 11.3 Å². The summed E-state index contributed by atoms with van der Waals surface area (Å²) in [7, 11) is 1.86. The van der Waals surface area contributed by atoms with Crippen LogP contribution >= 0.6 is 11.3 Å². The first-order valence-corrected chi connectivity index (χ1v) is 9.93. The van der Waals surface area contributed by atoms with Gasteiger partial charge in [-0.3, -0.25) is 9.48 Å². The topological polar surface area (TPSA) is 59.8 Å². The zero-order chi connectivity index (χ0) is 17.9. The number of aryl methyl sites for hydroxylation is 2. The van der Waals surface area contributed by atoms with Crippen molar-refractivity contribution in [1.82, 2.24) is 20.1 Å². The summed E-state index contributed by atoms with van der Waals surface area (Å²) in [6.45, 7) is 0.584. The maximum atomic E-state index is 12.6. The summed E-state index contributed by atoms with van der Waals surface area (Å²) in [6.07, 6.45) is 4.99. The molecule has 2 heterocycles. The van der Waals surface area contributed by atoms with Crippen molar-refractivity contribution in [2.75, 3.05) is 6.54 Å². The molecule has 0 saturated heterocycles. The van der Waals surface area contributed by atoms with Crippen LogP contribution in [-0.4, -0.2) is 27.2 Å². The monoisotopic (exact) mass is 366 g/mol. The molecule has 4 rings (SSSR count). The Morgan fingerprint density at radius 2 is 2.04 bits per heavy atom. The van der Waals surface area contributed by atoms with Crippen LogP contribution in [0, 0.1) is 0 Å². The minimum atomic E-state index is -0.0250. The Morgan fingerprint density at radius 3 is 2.88 bits per heavy atom. The second kappa shape index (κ2) is 7.41. The molecule has 1 aromatic carbocycles. The Balaban J connectivity index is 1.38. The number of nitrogens with zero attached hydrogens (tertiary/aromatic N) is 3. The zero-order valence-corrected chi connectivity index (χ0v) is 15.7. The molecule has 0 fully saturated rings. The van der Waals surface area contributed by atoms with Crippen molar-refractivity contribution in [2.45, 2.75) is 32.1 Å². The zero-order valence-electron chi connectivity index (χ0n) is 14.9. The van der Waals surface area contributed by atoms with E-state index in [2.05, 4.69) is 32.9 Å². The summed E-state index contributed by atoms with van der Waals surface area (Å²) in [5.74, 6) is -0.0250. The molecule has 3 aromatic rings. The molecular formula is C20H22N4OS. The predicted molar refractivity (Wildman–Crippen MR) is 103 cm³/mol. The molecule has 1 aliphatic rings. The van der Waals surface area contributed by atoms with Gasteiger partial charge in [0.2, 0.25) is 0 Å². The van der Waals surface area contributed by atoms with Crippen LogP contribution in [0.3, 0.4) is 0 Å². The number of carbonyl (C=O) groups excluding carboxylic acids is 1. The largest absolute Gasteiger partial charge is 0.350 e. The summed E-state index contributed by atoms with van der Waals surface area (Å²) in [6, 6.07) is 10.2. The highest BCUT2D eigenvalue weighted by molar-refractivity contribution is 7.09. The lowest BCUT2D eigenvalue weighted by Gasteiger charge is -2.11. The van der Waals surface area contributed by atoms with Crippen LogP contribution in [0.5, 0.6) is 0 Å². The first-order valence-electron chi connectivity index (χ1n) is 9.05. The van der Waals surface area contributed by atoms with Crippen LogP contribution in [0.4, 0.5) is 0 Å². The molecule has 26 heavy (non-hydrogen) atoms. The SMILES string of the molecule is Cn1nc2c(c1C(=O)NCCc1nc(-c3ccccc3)cs1)CCCC2. The molecule has 6 heteroatoms. The Kier molecular flexibility index (Phi) is 4.84. The molecule has 0 atom stereocenters. The molecule has 2 aromatic heterocycles. The Morgan fingerprint density at radius 1 is 1.23 bits per heavy atom. The van der Waals surface area contributed by atoms with E-state index >= 15 is 0 Å². The molecular weight excluding hydrogens is 344 g/mol. The van der Waals surface area contributed by atoms with Crippen molar-refractivity contribution in [2.24, 2.45) is 7.05 Å². The van der Waals surface area contributed by atoms with Gasteiger partial charge in [-0.25, -0.2) is 4.98 Å². The maximum Gasteiger partial charge on any atom is 0.269 e. The molecule has 1 amide bonds. The van der Waals surface area contributed by atoms with Crippen LogP contribution in [0.2, 0.25) is 0 Å². The number of aromatic nitrogens is 3. The first-order chi connectivity index (χ1) is 12.7. The lowest BCUT2D eigenvalue weighted by molar-refractivity contribution is 0.0943. The summed E-state index contributed by atoms with van der Waals surface area (Å²) < 4.78 is 1.74. The van der Waals surface area contributed by atoms with Crippen LogP contribution in [0.15, 0.2) is 35.7 Å². The van der Waals surface area contributed by atoms with Gasteiger partial charge in [0.05, 0.1) is 16.4 Å². The Bertz CT molecular complexity index is 913. The lowest BCUT2D eigenvalue weighted by Crippen LogP contribution is -2.28. The number of fused-ring (bicyclic) bond motifs is 1. The van der Waals surface area contributed by atoms with E-state index < -0.39 is 0 Å². The predicted octanol–water partition coefficient (Wildman–Crippen LogP) is 3.39. The normalized spacial score (nSPS) is 13.4. The standard InChI is InChI=1S/C20H22N4OS/c1-24-19(15-9-5-6-10-16(15)23-24)20(25)21-12-11-18-22-17(13-26-18)14-7-3-2-4-8-14/h2-4,7-8,13H,5-6,9-12H2,1H3,(H,21,25). The summed E-state index contributed by atoms with van der Waals surface area (Å²) in [4.78, 5) is 17.3. The van der Waals surface area contributed by atoms with E-state index in [1.54, 1.807) is 16.0 Å². The number of thiazole rings is 1. The van der Waals surface area contributed by atoms with E-state index in [-0.39, 0.29) is 5.91 Å². The van der Waals surface area contributed by atoms with Crippen molar-refractivity contribution in [3.63, 3.8) is 0 Å². The second-order valence-electron chi connectivity index (χ2n) is 6.60. The summed E-state index contributed by atoms with van der Waals surface area (Å²) in [5.41, 5.74) is 5.08. The van der Waals surface area contributed by atoms with Crippen molar-refractivity contribution in [1.29, 1.82) is 0 Å². The highest BCUT2D eigenvalue weighted by atomic mass is 32.1. The maximum absolute atomic E-state index is 12.6. The lowest BCUT2D eigenvalue weighted by atomic mass is 9.95. The number of benzene rings is 1. The molecule has 5 nitrogen and oxygen atoms in total. The van der Waals surface area contributed by atoms with Gasteiger partial charge >= 0.3 is 0 Å². The van der Waals surface area contributed by atoms with Crippen molar-refractivity contribution in [3.05, 3.63) is 57.7 Å². The van der Waals surface area contributed by atoms with Crippen molar-refractivity contribution < 1.29 is 4.79 Å². The second-order valence-corrected chi connectivity index (χ2v) is 7.55. The van der Waals surface area contributed by atoms with Crippen LogP contribution < -0.4 is 5.32 Å². The van der Waals surface area contributed by atoms with Gasteiger partial charge < -0.3 is 5.32 Å². The number of carbonyl (C=O) groups is 1. The molecule has 0 saturated carbocycles. The molecule has 134 valence electrons. The van der Waals surface area contributed by atoms with Gasteiger partial charge in [-0.2, -0.15) is 5.10 Å². The number of amides is 1. The fourth-order valence-corrected chi connectivity index (χ4v) is 4.31. The molecule has 0 spiro atoms. The van der Waals surface area contributed by atoms with Crippen molar-refractivity contribution >= 4 is 17.2 Å². The van der Waals surface area contributed by atoms with Gasteiger partial charge in [0, 0.05) is 36.5 Å². The molecule has 1 aliphatic carbocycles. The van der Waals surface area contributed by atoms with E-state index in [9.17, 15) is 4.79 Å². The number of hydrogen-bond donors (Lipinski definition) is 1. The smallest absolute Gasteiger partial charge is 0.269 e. The van der Waals surface area contributed by atoms with E-state index in [4.69, 9.17) is 0 Å².